The highest BCUT2D eigenvalue weighted by Gasteiger charge is 2.11. The van der Waals surface area contributed by atoms with Crippen molar-refractivity contribution in [2.75, 3.05) is 0 Å². The Morgan fingerprint density at radius 3 is 2.52 bits per heavy atom. The minimum Gasteiger partial charge on any atom is -0.282 e. The Bertz CT molecular complexity index is 653. The summed E-state index contributed by atoms with van der Waals surface area (Å²) in [5.74, 6) is -0.0125. The molecule has 0 aliphatic carbocycles. The third-order valence-electron chi connectivity index (χ3n) is 3.25. The zero-order valence-corrected chi connectivity index (χ0v) is 12.8. The number of rotatable bonds is 4. The molecule has 2 aromatic rings. The first kappa shape index (κ1) is 15.0. The highest BCUT2D eigenvalue weighted by Crippen LogP contribution is 2.11. The van der Waals surface area contributed by atoms with Gasteiger partial charge >= 0.3 is 0 Å². The summed E-state index contributed by atoms with van der Waals surface area (Å²) >= 11 is 0. The van der Waals surface area contributed by atoms with Gasteiger partial charge < -0.3 is 0 Å². The number of hydrogen-bond donors (Lipinski definition) is 2. The van der Waals surface area contributed by atoms with Crippen LogP contribution >= 0.6 is 0 Å². The first-order valence-electron chi connectivity index (χ1n) is 6.94. The highest BCUT2D eigenvalue weighted by atomic mass is 16.2. The van der Waals surface area contributed by atoms with E-state index in [4.69, 9.17) is 0 Å². The zero-order chi connectivity index (χ0) is 15.4. The molecule has 0 atom stereocenters. The van der Waals surface area contributed by atoms with Crippen LogP contribution in [0.1, 0.15) is 54.0 Å². The SMILES string of the molecule is C/C(=N\NC(=O)c1cc(C(C)C)[nH]n1)c1ccc(C)cc1. The lowest BCUT2D eigenvalue weighted by molar-refractivity contribution is 0.0950. The Kier molecular flexibility index (Phi) is 4.52. The lowest BCUT2D eigenvalue weighted by Gasteiger charge is -2.02. The molecule has 0 spiro atoms. The van der Waals surface area contributed by atoms with Crippen molar-refractivity contribution in [3.63, 3.8) is 0 Å². The van der Waals surface area contributed by atoms with E-state index in [1.807, 2.05) is 52.0 Å². The topological polar surface area (TPSA) is 70.1 Å². The van der Waals surface area contributed by atoms with E-state index in [2.05, 4.69) is 20.7 Å². The Morgan fingerprint density at radius 1 is 1.29 bits per heavy atom. The van der Waals surface area contributed by atoms with Crippen LogP contribution in [0.5, 0.6) is 0 Å². The van der Waals surface area contributed by atoms with Gasteiger partial charge in [-0.3, -0.25) is 9.89 Å². The summed E-state index contributed by atoms with van der Waals surface area (Å²) < 4.78 is 0. The number of benzene rings is 1. The second-order valence-electron chi connectivity index (χ2n) is 5.37. The molecule has 0 saturated carbocycles. The molecule has 0 aliphatic rings. The Balaban J connectivity index is 2.05. The van der Waals surface area contributed by atoms with Gasteiger partial charge in [-0.1, -0.05) is 43.7 Å². The number of amides is 1. The first-order valence-corrected chi connectivity index (χ1v) is 6.94. The van der Waals surface area contributed by atoms with Crippen molar-refractivity contribution in [1.82, 2.24) is 15.6 Å². The van der Waals surface area contributed by atoms with Crippen molar-refractivity contribution in [3.8, 4) is 0 Å². The molecule has 0 aliphatic heterocycles. The largest absolute Gasteiger partial charge is 0.291 e. The van der Waals surface area contributed by atoms with Gasteiger partial charge in [0.15, 0.2) is 5.69 Å². The van der Waals surface area contributed by atoms with E-state index < -0.39 is 0 Å². The fraction of sp³-hybridized carbons (Fsp3) is 0.312. The number of hydrazone groups is 1. The molecule has 2 N–H and O–H groups in total. The number of H-pyrrole nitrogens is 1. The van der Waals surface area contributed by atoms with E-state index in [0.29, 0.717) is 11.6 Å². The average molecular weight is 284 g/mol. The average Bonchev–Trinajstić information content (AvgIpc) is 2.95. The van der Waals surface area contributed by atoms with Gasteiger partial charge in [0.2, 0.25) is 0 Å². The number of hydrogen-bond acceptors (Lipinski definition) is 3. The standard InChI is InChI=1S/C16H20N4O/c1-10(2)14-9-15(19-18-14)16(21)20-17-12(4)13-7-5-11(3)6-8-13/h5-10H,1-4H3,(H,18,19)(H,20,21)/b17-12+. The summed E-state index contributed by atoms with van der Waals surface area (Å²) in [5.41, 5.74) is 6.73. The van der Waals surface area contributed by atoms with Crippen LogP contribution in [0.25, 0.3) is 0 Å². The molecule has 1 heterocycles. The van der Waals surface area contributed by atoms with Gasteiger partial charge in [-0.2, -0.15) is 10.2 Å². The van der Waals surface area contributed by atoms with Crippen molar-refractivity contribution in [3.05, 3.63) is 52.8 Å². The maximum absolute atomic E-state index is 12.0. The molecule has 5 heteroatoms. The normalized spacial score (nSPS) is 11.8. The van der Waals surface area contributed by atoms with Gasteiger partial charge in [0.25, 0.3) is 5.91 Å². The zero-order valence-electron chi connectivity index (χ0n) is 12.8. The van der Waals surface area contributed by atoms with E-state index in [0.717, 1.165) is 17.0 Å². The molecule has 0 saturated heterocycles. The Morgan fingerprint density at radius 2 is 1.95 bits per heavy atom. The minimum absolute atomic E-state index is 0.303. The number of aromatic nitrogens is 2. The Labute approximate surface area is 124 Å². The molecule has 0 fully saturated rings. The fourth-order valence-corrected chi connectivity index (χ4v) is 1.80. The minimum atomic E-state index is -0.315. The molecule has 1 amide bonds. The van der Waals surface area contributed by atoms with Gasteiger partial charge in [-0.15, -0.1) is 0 Å². The molecule has 5 nitrogen and oxygen atoms in total. The summed E-state index contributed by atoms with van der Waals surface area (Å²) in [6.07, 6.45) is 0. The summed E-state index contributed by atoms with van der Waals surface area (Å²) in [6, 6.07) is 9.73. The lowest BCUT2D eigenvalue weighted by Crippen LogP contribution is -2.19. The van der Waals surface area contributed by atoms with E-state index in [1.165, 1.54) is 5.56 Å². The van der Waals surface area contributed by atoms with Crippen molar-refractivity contribution in [1.29, 1.82) is 0 Å². The smallest absolute Gasteiger partial charge is 0.282 e. The van der Waals surface area contributed by atoms with Crippen LogP contribution in [-0.4, -0.2) is 21.8 Å². The summed E-state index contributed by atoms with van der Waals surface area (Å²) in [6.45, 7) is 7.96. The van der Waals surface area contributed by atoms with Crippen LogP contribution < -0.4 is 5.43 Å². The quantitative estimate of drug-likeness (QED) is 0.669. The predicted octanol–water partition coefficient (Wildman–Crippen LogP) is 3.00. The third kappa shape index (κ3) is 3.78. The van der Waals surface area contributed by atoms with Crippen LogP contribution in [-0.2, 0) is 0 Å². The number of aryl methyl sites for hydroxylation is 1. The third-order valence-corrected chi connectivity index (χ3v) is 3.25. The number of carbonyl (C=O) groups is 1. The summed E-state index contributed by atoms with van der Waals surface area (Å²) in [5, 5.41) is 11.0. The van der Waals surface area contributed by atoms with Crippen LogP contribution in [0.3, 0.4) is 0 Å². The van der Waals surface area contributed by atoms with E-state index >= 15 is 0 Å². The molecule has 0 bridgehead atoms. The monoisotopic (exact) mass is 284 g/mol. The van der Waals surface area contributed by atoms with Gasteiger partial charge in [0.05, 0.1) is 5.71 Å². The molecule has 21 heavy (non-hydrogen) atoms. The maximum Gasteiger partial charge on any atom is 0.291 e. The van der Waals surface area contributed by atoms with Crippen LogP contribution in [0.2, 0.25) is 0 Å². The number of nitrogens with zero attached hydrogens (tertiary/aromatic N) is 2. The van der Waals surface area contributed by atoms with Crippen molar-refractivity contribution in [2.24, 2.45) is 5.10 Å². The molecule has 2 rings (SSSR count). The van der Waals surface area contributed by atoms with Crippen molar-refractivity contribution in [2.45, 2.75) is 33.6 Å². The van der Waals surface area contributed by atoms with Gasteiger partial charge in [-0.05, 0) is 31.4 Å². The molecule has 0 radical (unpaired) electrons. The second kappa shape index (κ2) is 6.35. The van der Waals surface area contributed by atoms with Crippen LogP contribution in [0, 0.1) is 6.92 Å². The number of carbonyl (C=O) groups excluding carboxylic acids is 1. The first-order chi connectivity index (χ1) is 9.97. The molecule has 110 valence electrons. The summed E-state index contributed by atoms with van der Waals surface area (Å²) in [7, 11) is 0. The van der Waals surface area contributed by atoms with Crippen molar-refractivity contribution < 1.29 is 4.79 Å². The van der Waals surface area contributed by atoms with E-state index in [-0.39, 0.29) is 5.91 Å². The molecule has 0 unspecified atom stereocenters. The maximum atomic E-state index is 12.0. The Hall–Kier alpha value is -2.43. The van der Waals surface area contributed by atoms with Gasteiger partial charge in [-0.25, -0.2) is 5.43 Å². The highest BCUT2D eigenvalue weighted by molar-refractivity contribution is 6.00. The fourth-order valence-electron chi connectivity index (χ4n) is 1.80. The molecular weight excluding hydrogens is 264 g/mol. The second-order valence-corrected chi connectivity index (χ2v) is 5.37. The molecular formula is C16H20N4O. The molecule has 1 aromatic heterocycles. The van der Waals surface area contributed by atoms with E-state index in [9.17, 15) is 4.79 Å². The van der Waals surface area contributed by atoms with E-state index in [1.54, 1.807) is 6.07 Å². The number of aromatic amines is 1. The molecule has 1 aromatic carbocycles. The van der Waals surface area contributed by atoms with Gasteiger partial charge in [0.1, 0.15) is 0 Å². The van der Waals surface area contributed by atoms with Crippen molar-refractivity contribution >= 4 is 11.6 Å². The number of nitrogens with one attached hydrogen (secondary N) is 2. The van der Waals surface area contributed by atoms with Crippen LogP contribution in [0.15, 0.2) is 35.4 Å². The van der Waals surface area contributed by atoms with Gasteiger partial charge in [0, 0.05) is 5.69 Å². The lowest BCUT2D eigenvalue weighted by atomic mass is 10.1. The summed E-state index contributed by atoms with van der Waals surface area (Å²) in [4.78, 5) is 12.0. The van der Waals surface area contributed by atoms with Crippen LogP contribution in [0.4, 0.5) is 0 Å². The predicted molar refractivity (Wildman–Crippen MR) is 83.5 cm³/mol.